The number of aliphatic carboxylic acids is 1. The van der Waals surface area contributed by atoms with Gasteiger partial charge < -0.3 is 40.8 Å². The van der Waals surface area contributed by atoms with Gasteiger partial charge in [0.1, 0.15) is 19.2 Å². The lowest BCUT2D eigenvalue weighted by atomic mass is 9.85. The van der Waals surface area contributed by atoms with E-state index in [9.17, 15) is 33.6 Å². The first-order chi connectivity index (χ1) is 22.4. The van der Waals surface area contributed by atoms with Crippen molar-refractivity contribution < 1.29 is 43.3 Å². The molecule has 2 aliphatic rings. The summed E-state index contributed by atoms with van der Waals surface area (Å²) in [5.74, 6) is -5.19. The number of cyclic esters (lactones) is 1. The maximum absolute atomic E-state index is 13.6. The minimum Gasteiger partial charge on any atom is -0.480 e. The molecule has 0 fully saturated rings. The van der Waals surface area contributed by atoms with E-state index < -0.39 is 72.5 Å². The van der Waals surface area contributed by atoms with Crippen LogP contribution in [0.4, 0.5) is 0 Å². The number of fused-ring (bicyclic) bond motifs is 5. The summed E-state index contributed by atoms with van der Waals surface area (Å²) in [6, 6.07) is 9.90. The number of carbonyl (C=O) groups excluding carboxylic acids is 5. The Hall–Kier alpha value is -5.64. The number of aromatic nitrogens is 2. The van der Waals surface area contributed by atoms with Crippen LogP contribution in [-0.4, -0.2) is 76.0 Å². The van der Waals surface area contributed by atoms with E-state index in [-0.39, 0.29) is 43.5 Å². The van der Waals surface area contributed by atoms with Crippen LogP contribution in [-0.2, 0) is 57.0 Å². The SMILES string of the molecule is CC[C@@]1(OC(=O)CNC(=O)CNC(=O)CNC(=O)CC[C@H](N)C(=O)O)C(=O)OCc2c1cc1n(c2=O)Cc2cc3ccccc3nc2-1. The van der Waals surface area contributed by atoms with Gasteiger partial charge in [0, 0.05) is 22.9 Å². The van der Waals surface area contributed by atoms with Crippen LogP contribution in [0, 0.1) is 0 Å². The highest BCUT2D eigenvalue weighted by molar-refractivity contribution is 5.91. The molecular formula is C31H32N6O10. The summed E-state index contributed by atoms with van der Waals surface area (Å²) in [6.07, 6.45) is -0.394. The number of benzene rings is 1. The quantitative estimate of drug-likeness (QED) is 0.118. The average Bonchev–Trinajstić information content (AvgIpc) is 3.42. The molecule has 2 aliphatic heterocycles. The van der Waals surface area contributed by atoms with Gasteiger partial charge in [0.05, 0.1) is 42.1 Å². The standard InChI is InChI=1S/C31H32N6O10/c1-2-31(47-26(41)13-35-25(40)12-34-24(39)11-33-23(38)8-7-20(32)29(43)44)19-10-22-27-17(9-16-5-3-4-6-21(16)36-27)14-37(22)28(42)18(19)15-46-30(31)45/h3-6,9-10,20H,2,7-8,11-15,32H2,1H3,(H,33,38)(H,34,39)(H,35,40)(H,43,44)/t20-,31-/m0/s1. The second-order valence-corrected chi connectivity index (χ2v) is 11.0. The van der Waals surface area contributed by atoms with Gasteiger partial charge in [-0.1, -0.05) is 25.1 Å². The van der Waals surface area contributed by atoms with Gasteiger partial charge in [0.25, 0.3) is 5.56 Å². The van der Waals surface area contributed by atoms with Crippen molar-refractivity contribution in [2.24, 2.45) is 5.73 Å². The molecule has 6 N–H and O–H groups in total. The number of hydrogen-bond acceptors (Lipinski definition) is 11. The van der Waals surface area contributed by atoms with Gasteiger partial charge in [-0.2, -0.15) is 0 Å². The van der Waals surface area contributed by atoms with Crippen LogP contribution in [0.5, 0.6) is 0 Å². The maximum atomic E-state index is 13.6. The van der Waals surface area contributed by atoms with E-state index in [2.05, 4.69) is 16.0 Å². The second kappa shape index (κ2) is 13.4. The minimum atomic E-state index is -1.95. The van der Waals surface area contributed by atoms with Crippen molar-refractivity contribution in [2.75, 3.05) is 19.6 Å². The van der Waals surface area contributed by atoms with Crippen LogP contribution >= 0.6 is 0 Å². The predicted molar refractivity (Wildman–Crippen MR) is 162 cm³/mol. The van der Waals surface area contributed by atoms with E-state index in [1.165, 1.54) is 0 Å². The molecule has 0 saturated heterocycles. The summed E-state index contributed by atoms with van der Waals surface area (Å²) >= 11 is 0. The number of amides is 3. The van der Waals surface area contributed by atoms with E-state index in [0.29, 0.717) is 11.4 Å². The molecule has 5 rings (SSSR count). The number of carbonyl (C=O) groups is 6. The molecule has 0 radical (unpaired) electrons. The number of esters is 2. The molecule has 2 aromatic heterocycles. The third kappa shape index (κ3) is 6.67. The van der Waals surface area contributed by atoms with Crippen LogP contribution in [0.1, 0.15) is 42.9 Å². The van der Waals surface area contributed by atoms with Crippen LogP contribution in [0.25, 0.3) is 22.3 Å². The number of nitrogens with one attached hydrogen (secondary N) is 3. The van der Waals surface area contributed by atoms with Crippen molar-refractivity contribution in [3.8, 4) is 11.4 Å². The topological polar surface area (TPSA) is 238 Å². The summed E-state index contributed by atoms with van der Waals surface area (Å²) in [5, 5.41) is 16.5. The molecule has 4 heterocycles. The molecule has 3 aromatic rings. The fourth-order valence-electron chi connectivity index (χ4n) is 5.46. The summed E-state index contributed by atoms with van der Waals surface area (Å²) < 4.78 is 12.5. The molecule has 3 amide bonds. The van der Waals surface area contributed by atoms with Gasteiger partial charge in [-0.15, -0.1) is 0 Å². The molecule has 0 bridgehead atoms. The van der Waals surface area contributed by atoms with E-state index in [1.54, 1.807) is 17.6 Å². The fraction of sp³-hybridized carbons (Fsp3) is 0.355. The van der Waals surface area contributed by atoms with Crippen molar-refractivity contribution in [1.29, 1.82) is 0 Å². The maximum Gasteiger partial charge on any atom is 0.355 e. The first-order valence-electron chi connectivity index (χ1n) is 14.8. The van der Waals surface area contributed by atoms with Crippen LogP contribution in [0.3, 0.4) is 0 Å². The lowest BCUT2D eigenvalue weighted by molar-refractivity contribution is -0.189. The Bertz CT molecular complexity index is 1870. The smallest absolute Gasteiger partial charge is 0.355 e. The average molecular weight is 649 g/mol. The molecule has 47 heavy (non-hydrogen) atoms. The zero-order valence-electron chi connectivity index (χ0n) is 25.3. The van der Waals surface area contributed by atoms with Gasteiger partial charge in [-0.3, -0.25) is 28.8 Å². The number of carboxylic acid groups (broad SMARTS) is 1. The Morgan fingerprint density at radius 2 is 1.72 bits per heavy atom. The zero-order chi connectivity index (χ0) is 33.9. The number of para-hydroxylation sites is 1. The Morgan fingerprint density at radius 1 is 1.04 bits per heavy atom. The molecular weight excluding hydrogens is 616 g/mol. The van der Waals surface area contributed by atoms with Gasteiger partial charge in [-0.05, 0) is 31.0 Å². The van der Waals surface area contributed by atoms with Crippen molar-refractivity contribution in [2.45, 2.75) is 51.0 Å². The third-order valence-corrected chi connectivity index (χ3v) is 7.99. The van der Waals surface area contributed by atoms with Crippen LogP contribution in [0.15, 0.2) is 41.2 Å². The van der Waals surface area contributed by atoms with Gasteiger partial charge >= 0.3 is 17.9 Å². The number of rotatable bonds is 12. The number of carboxylic acids is 1. The number of nitrogens with two attached hydrogens (primary N) is 1. The molecule has 0 saturated carbocycles. The first-order valence-corrected chi connectivity index (χ1v) is 14.8. The highest BCUT2D eigenvalue weighted by Crippen LogP contribution is 2.40. The molecule has 246 valence electrons. The van der Waals surface area contributed by atoms with Gasteiger partial charge in [-0.25, -0.2) is 9.78 Å². The lowest BCUT2D eigenvalue weighted by Crippen LogP contribution is -2.49. The summed E-state index contributed by atoms with van der Waals surface area (Å²) in [7, 11) is 0. The van der Waals surface area contributed by atoms with Crippen molar-refractivity contribution in [3.05, 3.63) is 63.4 Å². The number of ether oxygens (including phenoxy) is 2. The van der Waals surface area contributed by atoms with Crippen molar-refractivity contribution in [1.82, 2.24) is 25.5 Å². The van der Waals surface area contributed by atoms with Crippen LogP contribution in [0.2, 0.25) is 0 Å². The largest absolute Gasteiger partial charge is 0.480 e. The fourth-order valence-corrected chi connectivity index (χ4v) is 5.46. The number of pyridine rings is 2. The molecule has 1 aromatic carbocycles. The highest BCUT2D eigenvalue weighted by atomic mass is 16.6. The van der Waals surface area contributed by atoms with Crippen LogP contribution < -0.4 is 27.2 Å². The number of hydrogen-bond donors (Lipinski definition) is 5. The minimum absolute atomic E-state index is 0.0660. The van der Waals surface area contributed by atoms with E-state index in [4.69, 9.17) is 25.3 Å². The molecule has 0 unspecified atom stereocenters. The Kier molecular flexibility index (Phi) is 9.32. The van der Waals surface area contributed by atoms with Crippen molar-refractivity contribution in [3.63, 3.8) is 0 Å². The lowest BCUT2D eigenvalue weighted by Gasteiger charge is -2.35. The zero-order valence-corrected chi connectivity index (χ0v) is 25.3. The summed E-state index contributed by atoms with van der Waals surface area (Å²) in [5.41, 5.74) is 5.94. The second-order valence-electron chi connectivity index (χ2n) is 11.0. The monoisotopic (exact) mass is 648 g/mol. The molecule has 0 spiro atoms. The Balaban J connectivity index is 1.22. The molecule has 16 nitrogen and oxygen atoms in total. The highest BCUT2D eigenvalue weighted by Gasteiger charge is 2.50. The Morgan fingerprint density at radius 3 is 2.43 bits per heavy atom. The van der Waals surface area contributed by atoms with Gasteiger partial charge in [0.2, 0.25) is 23.3 Å². The normalized spacial score (nSPS) is 16.6. The van der Waals surface area contributed by atoms with Gasteiger partial charge in [0.15, 0.2) is 0 Å². The van der Waals surface area contributed by atoms with E-state index >= 15 is 0 Å². The molecule has 2 atom stereocenters. The van der Waals surface area contributed by atoms with Crippen molar-refractivity contribution >= 4 is 46.5 Å². The number of nitrogens with zero attached hydrogens (tertiary/aromatic N) is 2. The third-order valence-electron chi connectivity index (χ3n) is 7.99. The Labute approximate surface area is 266 Å². The van der Waals surface area contributed by atoms with E-state index in [1.807, 2.05) is 30.3 Å². The molecule has 16 heteroatoms. The predicted octanol–water partition coefficient (Wildman–Crippen LogP) is -0.829. The summed E-state index contributed by atoms with van der Waals surface area (Å²) in [6.45, 7) is -0.110. The summed E-state index contributed by atoms with van der Waals surface area (Å²) in [4.78, 5) is 91.3. The first kappa shape index (κ1) is 32.7. The molecule has 0 aliphatic carbocycles. The van der Waals surface area contributed by atoms with E-state index in [0.717, 1.165) is 16.5 Å².